The summed E-state index contributed by atoms with van der Waals surface area (Å²) in [7, 11) is 1.48. The van der Waals surface area contributed by atoms with E-state index in [1.807, 2.05) is 13.0 Å². The quantitative estimate of drug-likeness (QED) is 0.584. The number of Topliss-reactive ketones (excluding diaryl/α,β-unsaturated/α-hetero) is 1. The lowest BCUT2D eigenvalue weighted by Gasteiger charge is -2.11. The van der Waals surface area contributed by atoms with Crippen molar-refractivity contribution >= 4 is 17.8 Å². The Hall–Kier alpha value is -2.81. The topological polar surface area (TPSA) is 88.4 Å². The Kier molecular flexibility index (Phi) is 7.50. The molecule has 0 saturated heterocycles. The third kappa shape index (κ3) is 5.43. The predicted octanol–water partition coefficient (Wildman–Crippen LogP) is 2.34. The molecule has 1 aromatic carbocycles. The number of allylic oxidation sites excluding steroid dienone is 1. The van der Waals surface area contributed by atoms with Crippen LogP contribution in [0.3, 0.4) is 0 Å². The number of rotatable bonds is 8. The first-order valence-electron chi connectivity index (χ1n) is 7.66. The fraction of sp³-hybridized carbons (Fsp3) is 0.389. The molecule has 128 valence electrons. The second kappa shape index (κ2) is 9.36. The van der Waals surface area contributed by atoms with Crippen molar-refractivity contribution in [2.75, 3.05) is 20.3 Å². The second-order valence-corrected chi connectivity index (χ2v) is 5.34. The number of amides is 1. The number of nitriles is 1. The van der Waals surface area contributed by atoms with E-state index < -0.39 is 0 Å². The molecule has 0 spiro atoms. The lowest BCUT2D eigenvalue weighted by Crippen LogP contribution is -2.28. The summed E-state index contributed by atoms with van der Waals surface area (Å²) in [5, 5.41) is 11.8. The van der Waals surface area contributed by atoms with Gasteiger partial charge < -0.3 is 14.8 Å². The van der Waals surface area contributed by atoms with Gasteiger partial charge in [-0.2, -0.15) is 5.26 Å². The van der Waals surface area contributed by atoms with E-state index in [-0.39, 0.29) is 29.8 Å². The number of nitrogens with zero attached hydrogens (tertiary/aromatic N) is 1. The Balaban J connectivity index is 2.99. The predicted molar refractivity (Wildman–Crippen MR) is 90.6 cm³/mol. The summed E-state index contributed by atoms with van der Waals surface area (Å²) in [5.41, 5.74) is 0.728. The molecule has 0 unspecified atom stereocenters. The number of likely N-dealkylation sites (N-methyl/N-ethyl adjacent to an activating group) is 1. The van der Waals surface area contributed by atoms with E-state index in [1.165, 1.54) is 13.2 Å². The number of nitrogens with one attached hydrogen (secondary N) is 1. The van der Waals surface area contributed by atoms with Crippen molar-refractivity contribution in [3.05, 3.63) is 29.3 Å². The molecular formula is C18H22N2O4. The SMILES string of the molecule is CCNC(=O)COc1ccc(/C=C(\C#N)C(=O)C(C)C)cc1OC. The van der Waals surface area contributed by atoms with Crippen molar-refractivity contribution in [1.82, 2.24) is 5.32 Å². The third-order valence-electron chi connectivity index (χ3n) is 3.14. The molecular weight excluding hydrogens is 308 g/mol. The van der Waals surface area contributed by atoms with Crippen LogP contribution in [-0.4, -0.2) is 32.0 Å². The second-order valence-electron chi connectivity index (χ2n) is 5.34. The summed E-state index contributed by atoms with van der Waals surface area (Å²) in [6.07, 6.45) is 1.51. The van der Waals surface area contributed by atoms with Gasteiger partial charge in [-0.15, -0.1) is 0 Å². The van der Waals surface area contributed by atoms with Gasteiger partial charge >= 0.3 is 0 Å². The first-order valence-corrected chi connectivity index (χ1v) is 7.66. The first kappa shape index (κ1) is 19.2. The van der Waals surface area contributed by atoms with Gasteiger partial charge in [0, 0.05) is 12.5 Å². The van der Waals surface area contributed by atoms with Crippen LogP contribution in [0.2, 0.25) is 0 Å². The Labute approximate surface area is 142 Å². The maximum absolute atomic E-state index is 11.9. The Morgan fingerprint density at radius 1 is 1.33 bits per heavy atom. The Morgan fingerprint density at radius 2 is 2.04 bits per heavy atom. The summed E-state index contributed by atoms with van der Waals surface area (Å²) in [6.45, 7) is 5.72. The molecule has 0 aromatic heterocycles. The summed E-state index contributed by atoms with van der Waals surface area (Å²) in [6, 6.07) is 6.91. The molecule has 0 heterocycles. The summed E-state index contributed by atoms with van der Waals surface area (Å²) >= 11 is 0. The van der Waals surface area contributed by atoms with E-state index in [1.54, 1.807) is 32.0 Å². The van der Waals surface area contributed by atoms with E-state index in [2.05, 4.69) is 5.32 Å². The molecule has 0 aliphatic rings. The summed E-state index contributed by atoms with van der Waals surface area (Å²) in [4.78, 5) is 23.4. The maximum atomic E-state index is 11.9. The van der Waals surface area contributed by atoms with Crippen molar-refractivity contribution < 1.29 is 19.1 Å². The number of hydrogen-bond acceptors (Lipinski definition) is 5. The van der Waals surface area contributed by atoms with Crippen LogP contribution in [0, 0.1) is 17.2 Å². The van der Waals surface area contributed by atoms with Crippen LogP contribution in [0.15, 0.2) is 23.8 Å². The fourth-order valence-corrected chi connectivity index (χ4v) is 1.92. The zero-order valence-corrected chi connectivity index (χ0v) is 14.4. The monoisotopic (exact) mass is 330 g/mol. The normalized spacial score (nSPS) is 10.9. The van der Waals surface area contributed by atoms with Gasteiger partial charge in [-0.3, -0.25) is 9.59 Å². The number of benzene rings is 1. The number of hydrogen-bond donors (Lipinski definition) is 1. The highest BCUT2D eigenvalue weighted by atomic mass is 16.5. The van der Waals surface area contributed by atoms with Crippen molar-refractivity contribution in [3.8, 4) is 17.6 Å². The van der Waals surface area contributed by atoms with Crippen LogP contribution < -0.4 is 14.8 Å². The Morgan fingerprint density at radius 3 is 2.58 bits per heavy atom. The van der Waals surface area contributed by atoms with Gasteiger partial charge in [0.1, 0.15) is 6.07 Å². The highest BCUT2D eigenvalue weighted by Crippen LogP contribution is 2.29. The van der Waals surface area contributed by atoms with E-state index >= 15 is 0 Å². The molecule has 1 amide bonds. The van der Waals surface area contributed by atoms with Crippen LogP contribution in [0.25, 0.3) is 6.08 Å². The van der Waals surface area contributed by atoms with Gasteiger partial charge in [-0.05, 0) is 30.7 Å². The zero-order chi connectivity index (χ0) is 18.1. The molecule has 0 aliphatic heterocycles. The van der Waals surface area contributed by atoms with Crippen LogP contribution in [0.4, 0.5) is 0 Å². The van der Waals surface area contributed by atoms with Gasteiger partial charge in [-0.1, -0.05) is 19.9 Å². The van der Waals surface area contributed by atoms with Gasteiger partial charge in [0.2, 0.25) is 0 Å². The maximum Gasteiger partial charge on any atom is 0.257 e. The van der Waals surface area contributed by atoms with Crippen molar-refractivity contribution in [1.29, 1.82) is 5.26 Å². The molecule has 1 rings (SSSR count). The van der Waals surface area contributed by atoms with Crippen LogP contribution in [0.1, 0.15) is 26.3 Å². The minimum absolute atomic E-state index is 0.0862. The highest BCUT2D eigenvalue weighted by Gasteiger charge is 2.14. The lowest BCUT2D eigenvalue weighted by molar-refractivity contribution is -0.123. The molecule has 0 aliphatic carbocycles. The van der Waals surface area contributed by atoms with E-state index in [0.717, 1.165) is 0 Å². The molecule has 0 fully saturated rings. The molecule has 0 bridgehead atoms. The first-order chi connectivity index (χ1) is 11.4. The minimum atomic E-state index is -0.252. The van der Waals surface area contributed by atoms with E-state index in [0.29, 0.717) is 23.6 Å². The fourth-order valence-electron chi connectivity index (χ4n) is 1.92. The zero-order valence-electron chi connectivity index (χ0n) is 14.4. The number of carbonyl (C=O) groups excluding carboxylic acids is 2. The van der Waals surface area contributed by atoms with Crippen molar-refractivity contribution in [2.45, 2.75) is 20.8 Å². The lowest BCUT2D eigenvalue weighted by atomic mass is 10.00. The number of methoxy groups -OCH3 is 1. The molecule has 6 heteroatoms. The summed E-state index contributed by atoms with van der Waals surface area (Å²) in [5.74, 6) is 0.139. The summed E-state index contributed by atoms with van der Waals surface area (Å²) < 4.78 is 10.7. The molecule has 24 heavy (non-hydrogen) atoms. The average molecular weight is 330 g/mol. The van der Waals surface area contributed by atoms with Crippen molar-refractivity contribution in [3.63, 3.8) is 0 Å². The largest absolute Gasteiger partial charge is 0.493 e. The molecule has 1 aromatic rings. The molecule has 0 atom stereocenters. The van der Waals surface area contributed by atoms with Crippen molar-refractivity contribution in [2.24, 2.45) is 5.92 Å². The Bertz CT molecular complexity index is 672. The molecule has 6 nitrogen and oxygen atoms in total. The highest BCUT2D eigenvalue weighted by molar-refractivity contribution is 6.04. The number of ether oxygens (including phenoxy) is 2. The van der Waals surface area contributed by atoms with Gasteiger partial charge in [0.15, 0.2) is 23.9 Å². The van der Waals surface area contributed by atoms with E-state index in [9.17, 15) is 9.59 Å². The average Bonchev–Trinajstić information content (AvgIpc) is 2.57. The van der Waals surface area contributed by atoms with Gasteiger partial charge in [-0.25, -0.2) is 0 Å². The smallest absolute Gasteiger partial charge is 0.257 e. The van der Waals surface area contributed by atoms with E-state index in [4.69, 9.17) is 14.7 Å². The van der Waals surface area contributed by atoms with Crippen LogP contribution in [-0.2, 0) is 9.59 Å². The van der Waals surface area contributed by atoms with Crippen LogP contribution >= 0.6 is 0 Å². The number of ketones is 1. The molecule has 1 N–H and O–H groups in total. The minimum Gasteiger partial charge on any atom is -0.493 e. The standard InChI is InChI=1S/C18H22N2O4/c1-5-20-17(21)11-24-15-7-6-13(9-16(15)23-4)8-14(10-19)18(22)12(2)3/h6-9,12H,5,11H2,1-4H3,(H,20,21)/b14-8+. The molecule has 0 saturated carbocycles. The number of carbonyl (C=O) groups is 2. The third-order valence-corrected chi connectivity index (χ3v) is 3.14. The molecule has 0 radical (unpaired) electrons. The van der Waals surface area contributed by atoms with Gasteiger partial charge in [0.25, 0.3) is 5.91 Å². The van der Waals surface area contributed by atoms with Crippen LogP contribution in [0.5, 0.6) is 11.5 Å². The van der Waals surface area contributed by atoms with Gasteiger partial charge in [0.05, 0.1) is 12.7 Å².